The van der Waals surface area contributed by atoms with Crippen LogP contribution in [0.3, 0.4) is 0 Å². The summed E-state index contributed by atoms with van der Waals surface area (Å²) in [5, 5.41) is 8.73. The minimum absolute atomic E-state index is 0.116. The fraction of sp³-hybridized carbons (Fsp3) is 0.684. The molecule has 1 N–H and O–H groups in total. The quantitative estimate of drug-likeness (QED) is 0.533. The first-order valence-corrected chi connectivity index (χ1v) is 10.6. The first kappa shape index (κ1) is 21.0. The molecule has 0 amide bonds. The molecule has 0 aliphatic carbocycles. The fourth-order valence-corrected chi connectivity index (χ4v) is 4.91. The topological polar surface area (TPSA) is 63.6 Å². The molecule has 0 fully saturated rings. The largest absolute Gasteiger partial charge is 0.495 e. The van der Waals surface area contributed by atoms with Crippen molar-refractivity contribution in [1.82, 2.24) is 0 Å². The van der Waals surface area contributed by atoms with E-state index in [1.165, 1.54) is 32.8 Å². The molecular formula is C19H32O4S. The Morgan fingerprint density at radius 1 is 1.00 bits per heavy atom. The van der Waals surface area contributed by atoms with Crippen molar-refractivity contribution in [2.24, 2.45) is 0 Å². The van der Waals surface area contributed by atoms with Gasteiger partial charge in [-0.1, -0.05) is 64.0 Å². The number of ether oxygens (including phenoxy) is 1. The van der Waals surface area contributed by atoms with Crippen molar-refractivity contribution >= 4 is 9.84 Å². The molecule has 0 saturated heterocycles. The van der Waals surface area contributed by atoms with Gasteiger partial charge < -0.3 is 9.84 Å². The molecule has 1 rings (SSSR count). The molecule has 1 atom stereocenters. The lowest BCUT2D eigenvalue weighted by Crippen LogP contribution is -2.23. The van der Waals surface area contributed by atoms with Crippen LogP contribution in [0.4, 0.5) is 0 Å². The van der Waals surface area contributed by atoms with Gasteiger partial charge in [-0.05, 0) is 25.0 Å². The average molecular weight is 357 g/mol. The summed E-state index contributed by atoms with van der Waals surface area (Å²) in [5.41, 5.74) is 0. The van der Waals surface area contributed by atoms with Crippen molar-refractivity contribution in [3.8, 4) is 5.75 Å². The van der Waals surface area contributed by atoms with Crippen LogP contribution in [0.5, 0.6) is 5.75 Å². The highest BCUT2D eigenvalue weighted by molar-refractivity contribution is 7.92. The van der Waals surface area contributed by atoms with Crippen molar-refractivity contribution in [2.75, 3.05) is 13.7 Å². The number of hydrogen-bond acceptors (Lipinski definition) is 4. The van der Waals surface area contributed by atoms with E-state index in [0.29, 0.717) is 12.2 Å². The Labute approximate surface area is 147 Å². The molecule has 0 bridgehead atoms. The molecule has 4 nitrogen and oxygen atoms in total. The van der Waals surface area contributed by atoms with Crippen LogP contribution >= 0.6 is 0 Å². The highest BCUT2D eigenvalue weighted by Gasteiger charge is 2.29. The molecule has 0 saturated carbocycles. The molecule has 1 aromatic rings. The lowest BCUT2D eigenvalue weighted by molar-refractivity contribution is 0.282. The molecule has 24 heavy (non-hydrogen) atoms. The van der Waals surface area contributed by atoms with Crippen LogP contribution in [0.15, 0.2) is 29.2 Å². The van der Waals surface area contributed by atoms with Gasteiger partial charge in [0.1, 0.15) is 10.6 Å². The summed E-state index contributed by atoms with van der Waals surface area (Å²) in [6.45, 7) is 2.08. The van der Waals surface area contributed by atoms with Gasteiger partial charge in [-0.15, -0.1) is 0 Å². The zero-order valence-electron chi connectivity index (χ0n) is 15.0. The van der Waals surface area contributed by atoms with Gasteiger partial charge in [-0.2, -0.15) is 0 Å². The van der Waals surface area contributed by atoms with Gasteiger partial charge >= 0.3 is 0 Å². The number of aliphatic hydroxyl groups excluding tert-OH is 1. The van der Waals surface area contributed by atoms with Crippen molar-refractivity contribution in [1.29, 1.82) is 0 Å². The molecule has 0 aliphatic heterocycles. The Morgan fingerprint density at radius 3 is 2.25 bits per heavy atom. The third-order valence-electron chi connectivity index (χ3n) is 4.40. The maximum absolute atomic E-state index is 12.9. The second-order valence-electron chi connectivity index (χ2n) is 6.24. The second kappa shape index (κ2) is 11.5. The Hall–Kier alpha value is -1.07. The molecule has 1 unspecified atom stereocenters. The lowest BCUT2D eigenvalue weighted by Gasteiger charge is -2.18. The first-order chi connectivity index (χ1) is 11.6. The van der Waals surface area contributed by atoms with Crippen molar-refractivity contribution in [2.45, 2.75) is 74.9 Å². The Kier molecular flexibility index (Phi) is 10.0. The minimum Gasteiger partial charge on any atom is -0.495 e. The average Bonchev–Trinajstić information content (AvgIpc) is 2.59. The number of benzene rings is 1. The highest BCUT2D eigenvalue weighted by atomic mass is 32.2. The van der Waals surface area contributed by atoms with Crippen LogP contribution in [0.2, 0.25) is 0 Å². The van der Waals surface area contributed by atoms with Crippen molar-refractivity contribution < 1.29 is 18.3 Å². The lowest BCUT2D eigenvalue weighted by atomic mass is 10.1. The van der Waals surface area contributed by atoms with Crippen molar-refractivity contribution in [3.63, 3.8) is 0 Å². The van der Waals surface area contributed by atoms with Gasteiger partial charge in [-0.25, -0.2) is 8.42 Å². The van der Waals surface area contributed by atoms with E-state index in [1.54, 1.807) is 24.3 Å². The summed E-state index contributed by atoms with van der Waals surface area (Å²) < 4.78 is 31.0. The number of unbranched alkanes of at least 4 members (excludes halogenated alkanes) is 6. The third kappa shape index (κ3) is 6.44. The van der Waals surface area contributed by atoms with Crippen LogP contribution in [-0.2, 0) is 9.84 Å². The Balaban J connectivity index is 2.65. The second-order valence-corrected chi connectivity index (χ2v) is 8.44. The first-order valence-electron chi connectivity index (χ1n) is 9.05. The number of rotatable bonds is 13. The molecule has 0 aromatic heterocycles. The summed E-state index contributed by atoms with van der Waals surface area (Å²) in [6.07, 6.45) is 8.93. The van der Waals surface area contributed by atoms with E-state index >= 15 is 0 Å². The molecule has 138 valence electrons. The Bertz CT molecular complexity index is 554. The fourth-order valence-electron chi connectivity index (χ4n) is 2.96. The zero-order chi connectivity index (χ0) is 17.8. The van der Waals surface area contributed by atoms with Gasteiger partial charge in [0.25, 0.3) is 0 Å². The third-order valence-corrected chi connectivity index (χ3v) is 6.69. The minimum atomic E-state index is -3.49. The summed E-state index contributed by atoms with van der Waals surface area (Å²) in [4.78, 5) is 0.230. The maximum Gasteiger partial charge on any atom is 0.184 e. The number of para-hydroxylation sites is 1. The van der Waals surface area contributed by atoms with E-state index in [-0.39, 0.29) is 17.9 Å². The highest BCUT2D eigenvalue weighted by Crippen LogP contribution is 2.30. The molecule has 5 heteroatoms. The predicted octanol–water partition coefficient (Wildman–Crippen LogP) is 4.36. The molecule has 0 aliphatic rings. The zero-order valence-corrected chi connectivity index (χ0v) is 15.9. The van der Waals surface area contributed by atoms with Gasteiger partial charge in [-0.3, -0.25) is 0 Å². The molecular weight excluding hydrogens is 324 g/mol. The normalized spacial score (nSPS) is 13.0. The van der Waals surface area contributed by atoms with Gasteiger partial charge in [0.2, 0.25) is 0 Å². The predicted molar refractivity (Wildman–Crippen MR) is 98.3 cm³/mol. The molecule has 1 aromatic carbocycles. The SMILES string of the molecule is CCCCCCCCCC(CCO)S(=O)(=O)c1ccccc1OC. The van der Waals surface area contributed by atoms with Crippen LogP contribution in [0.1, 0.15) is 64.7 Å². The number of aliphatic hydroxyl groups is 1. The van der Waals surface area contributed by atoms with E-state index in [0.717, 1.165) is 19.3 Å². The van der Waals surface area contributed by atoms with E-state index in [4.69, 9.17) is 4.74 Å². The van der Waals surface area contributed by atoms with Gasteiger partial charge in [0, 0.05) is 6.61 Å². The van der Waals surface area contributed by atoms with Crippen molar-refractivity contribution in [3.05, 3.63) is 24.3 Å². The van der Waals surface area contributed by atoms with Gasteiger partial charge in [0.15, 0.2) is 9.84 Å². The number of methoxy groups -OCH3 is 1. The summed E-state index contributed by atoms with van der Waals surface area (Å²) in [5.74, 6) is 0.375. The molecule has 0 heterocycles. The number of sulfone groups is 1. The summed E-state index contributed by atoms with van der Waals surface area (Å²) in [6, 6.07) is 6.72. The smallest absolute Gasteiger partial charge is 0.184 e. The van der Waals surface area contributed by atoms with Gasteiger partial charge in [0.05, 0.1) is 12.4 Å². The summed E-state index contributed by atoms with van der Waals surface area (Å²) in [7, 11) is -2.01. The number of hydrogen-bond donors (Lipinski definition) is 1. The van der Waals surface area contributed by atoms with Crippen LogP contribution in [0.25, 0.3) is 0 Å². The van der Waals surface area contributed by atoms with Crippen LogP contribution < -0.4 is 4.74 Å². The summed E-state index contributed by atoms with van der Waals surface area (Å²) >= 11 is 0. The standard InChI is InChI=1S/C19H32O4S/c1-3-4-5-6-7-8-9-12-17(15-16-20)24(21,22)19-14-11-10-13-18(19)23-2/h10-11,13-14,17,20H,3-9,12,15-16H2,1-2H3. The van der Waals surface area contributed by atoms with E-state index in [1.807, 2.05) is 0 Å². The maximum atomic E-state index is 12.9. The van der Waals surface area contributed by atoms with E-state index in [2.05, 4.69) is 6.92 Å². The van der Waals surface area contributed by atoms with E-state index in [9.17, 15) is 13.5 Å². The van der Waals surface area contributed by atoms with E-state index < -0.39 is 15.1 Å². The van der Waals surface area contributed by atoms with Crippen LogP contribution in [0, 0.1) is 0 Å². The van der Waals surface area contributed by atoms with Crippen LogP contribution in [-0.4, -0.2) is 32.5 Å². The molecule has 0 spiro atoms. The monoisotopic (exact) mass is 356 g/mol. The molecule has 0 radical (unpaired) electrons. The Morgan fingerprint density at radius 2 is 1.62 bits per heavy atom.